The summed E-state index contributed by atoms with van der Waals surface area (Å²) in [5.41, 5.74) is -1.01. The Bertz CT molecular complexity index is 866. The summed E-state index contributed by atoms with van der Waals surface area (Å²) in [6, 6.07) is 0. The molecule has 1 saturated heterocycles. The van der Waals surface area contributed by atoms with Crippen LogP contribution in [-0.2, 0) is 30.2 Å². The predicted octanol–water partition coefficient (Wildman–Crippen LogP) is 2.96. The molecule has 1 heterocycles. The van der Waals surface area contributed by atoms with Gasteiger partial charge in [0.25, 0.3) is 0 Å². The van der Waals surface area contributed by atoms with Crippen molar-refractivity contribution in [1.29, 1.82) is 0 Å². The molecule has 0 amide bonds. The van der Waals surface area contributed by atoms with Crippen LogP contribution in [0.2, 0.25) is 0 Å². The molecule has 0 unspecified atom stereocenters. The Labute approximate surface area is 206 Å². The lowest BCUT2D eigenvalue weighted by Crippen LogP contribution is -2.55. The third-order valence-electron chi connectivity index (χ3n) is 5.54. The molecular weight excluding hydrogens is 482 g/mol. The van der Waals surface area contributed by atoms with Crippen LogP contribution in [0.1, 0.15) is 91.9 Å². The molecule has 1 aliphatic rings. The van der Waals surface area contributed by atoms with Crippen molar-refractivity contribution in [3.05, 3.63) is 12.8 Å². The molecule has 2 radical (unpaired) electrons. The van der Waals surface area contributed by atoms with Crippen molar-refractivity contribution in [2.24, 2.45) is 5.41 Å². The van der Waals surface area contributed by atoms with Gasteiger partial charge in [-0.25, -0.2) is 0 Å². The first-order chi connectivity index (χ1) is 15.6. The zero-order chi connectivity index (χ0) is 26.4. The molecule has 0 saturated carbocycles. The van der Waals surface area contributed by atoms with Gasteiger partial charge in [0.05, 0.1) is 5.41 Å². The minimum absolute atomic E-state index is 0.0909. The quantitative estimate of drug-likeness (QED) is 0.245. The summed E-state index contributed by atoms with van der Waals surface area (Å²) in [5.74, 6) is -2.10. The maximum absolute atomic E-state index is 11.6. The van der Waals surface area contributed by atoms with Crippen molar-refractivity contribution in [3.63, 3.8) is 0 Å². The lowest BCUT2D eigenvalue weighted by Gasteiger charge is -2.42. The van der Waals surface area contributed by atoms with Gasteiger partial charge in [0, 0.05) is 28.2 Å². The van der Waals surface area contributed by atoms with Crippen molar-refractivity contribution < 1.29 is 36.6 Å². The fourth-order valence-electron chi connectivity index (χ4n) is 3.91. The molecule has 0 aliphatic carbocycles. The van der Waals surface area contributed by atoms with Gasteiger partial charge < -0.3 is 15.5 Å². The fourth-order valence-corrected chi connectivity index (χ4v) is 4.82. The molecule has 3 N–H and O–H groups in total. The second-order valence-corrected chi connectivity index (χ2v) is 11.6. The van der Waals surface area contributed by atoms with Crippen molar-refractivity contribution in [3.8, 4) is 0 Å². The SMILES string of the molecule is CC1(C)[CH][CH]CC(C)(C)N1.O=C(O)CCCCCCCC(CC=S(=O)=O)(CC=S(=O)=O)C(=O)O. The molecule has 1 rings (SSSR count). The normalized spacial score (nSPS) is 16.5. The standard InChI is InChI=1S/C14H22O8S2.C9H17N/c15-12(16)6-4-2-1-3-5-7-14(13(17)18,8-10-23(19)20)9-11-24(21)22;1-8(2)6-5-7-9(3,4)10-8/h10-11H,1-9H2,(H,15,16)(H,17,18);5-6,10H,7H2,1-4H3. The predicted molar refractivity (Wildman–Crippen MR) is 134 cm³/mol. The van der Waals surface area contributed by atoms with E-state index in [0.29, 0.717) is 25.7 Å². The minimum atomic E-state index is -2.52. The molecule has 0 aromatic carbocycles. The molecule has 0 bridgehead atoms. The second kappa shape index (κ2) is 15.3. The van der Waals surface area contributed by atoms with Crippen LogP contribution in [-0.4, -0.2) is 60.8 Å². The van der Waals surface area contributed by atoms with Gasteiger partial charge >= 0.3 is 11.9 Å². The molecule has 11 heteroatoms. The van der Waals surface area contributed by atoms with Gasteiger partial charge in [-0.05, 0) is 72.6 Å². The Balaban J connectivity index is 0.000000896. The molecule has 0 aromatic heterocycles. The zero-order valence-corrected chi connectivity index (χ0v) is 22.2. The summed E-state index contributed by atoms with van der Waals surface area (Å²) < 4.78 is 42.7. The number of rotatable bonds is 13. The lowest BCUT2D eigenvalue weighted by molar-refractivity contribution is -0.148. The Hall–Kier alpha value is -1.72. The number of carboxylic acids is 2. The average molecular weight is 522 g/mol. The van der Waals surface area contributed by atoms with Crippen LogP contribution in [0, 0.1) is 18.3 Å². The fraction of sp³-hybridized carbons (Fsp3) is 0.739. The van der Waals surface area contributed by atoms with Crippen molar-refractivity contribution >= 4 is 43.3 Å². The summed E-state index contributed by atoms with van der Waals surface area (Å²) in [6.45, 7) is 8.87. The van der Waals surface area contributed by atoms with Gasteiger partial charge in [-0.3, -0.25) is 9.59 Å². The highest BCUT2D eigenvalue weighted by molar-refractivity contribution is 7.71. The number of nitrogens with one attached hydrogen (secondary N) is 1. The smallest absolute Gasteiger partial charge is 0.310 e. The van der Waals surface area contributed by atoms with E-state index in [9.17, 15) is 31.5 Å². The first kappa shape index (κ1) is 32.3. The van der Waals surface area contributed by atoms with E-state index < -0.39 is 37.9 Å². The van der Waals surface area contributed by atoms with Crippen molar-refractivity contribution in [2.45, 2.75) is 103 Å². The number of carboxylic acid groups (broad SMARTS) is 2. The van der Waals surface area contributed by atoms with E-state index in [1.807, 2.05) is 0 Å². The van der Waals surface area contributed by atoms with Crippen molar-refractivity contribution in [1.82, 2.24) is 5.32 Å². The van der Waals surface area contributed by atoms with Gasteiger partial charge in [-0.1, -0.05) is 25.7 Å². The van der Waals surface area contributed by atoms with Crippen LogP contribution in [0.5, 0.6) is 0 Å². The van der Waals surface area contributed by atoms with Gasteiger partial charge in [-0.2, -0.15) is 16.8 Å². The highest BCUT2D eigenvalue weighted by Gasteiger charge is 2.36. The van der Waals surface area contributed by atoms with E-state index >= 15 is 0 Å². The Morgan fingerprint density at radius 3 is 1.79 bits per heavy atom. The first-order valence-corrected chi connectivity index (χ1v) is 13.6. The van der Waals surface area contributed by atoms with E-state index in [2.05, 4.69) is 45.9 Å². The van der Waals surface area contributed by atoms with E-state index in [0.717, 1.165) is 23.6 Å². The highest BCUT2D eigenvalue weighted by atomic mass is 32.2. The van der Waals surface area contributed by atoms with Gasteiger partial charge in [0.1, 0.15) is 0 Å². The summed E-state index contributed by atoms with van der Waals surface area (Å²) in [4.78, 5) is 22.0. The van der Waals surface area contributed by atoms with Crippen LogP contribution in [0.4, 0.5) is 0 Å². The molecule has 196 valence electrons. The monoisotopic (exact) mass is 521 g/mol. The number of carbonyl (C=O) groups is 2. The van der Waals surface area contributed by atoms with E-state index in [1.165, 1.54) is 0 Å². The maximum Gasteiger partial charge on any atom is 0.310 e. The third-order valence-corrected chi connectivity index (χ3v) is 6.42. The van der Waals surface area contributed by atoms with Crippen LogP contribution < -0.4 is 5.32 Å². The van der Waals surface area contributed by atoms with E-state index in [-0.39, 0.29) is 36.8 Å². The first-order valence-electron chi connectivity index (χ1n) is 11.4. The Kier molecular flexibility index (Phi) is 14.5. The minimum Gasteiger partial charge on any atom is -0.481 e. The van der Waals surface area contributed by atoms with Crippen LogP contribution >= 0.6 is 0 Å². The van der Waals surface area contributed by atoms with Gasteiger partial charge in [0.15, 0.2) is 0 Å². The van der Waals surface area contributed by atoms with Gasteiger partial charge in [-0.15, -0.1) is 0 Å². The second-order valence-electron chi connectivity index (χ2n) is 9.85. The molecule has 9 nitrogen and oxygen atoms in total. The van der Waals surface area contributed by atoms with Crippen molar-refractivity contribution in [2.75, 3.05) is 0 Å². The summed E-state index contributed by atoms with van der Waals surface area (Å²) in [6.07, 6.45) is 8.45. The Morgan fingerprint density at radius 2 is 1.41 bits per heavy atom. The molecular formula is C23H39NO8S2. The average Bonchev–Trinajstić information content (AvgIpc) is 2.66. The molecule has 0 atom stereocenters. The Morgan fingerprint density at radius 1 is 0.912 bits per heavy atom. The van der Waals surface area contributed by atoms with Crippen LogP contribution in [0.25, 0.3) is 0 Å². The summed E-state index contributed by atoms with van der Waals surface area (Å²) >= 11 is 0. The van der Waals surface area contributed by atoms with Crippen LogP contribution in [0.3, 0.4) is 0 Å². The summed E-state index contributed by atoms with van der Waals surface area (Å²) in [5, 5.41) is 23.2. The van der Waals surface area contributed by atoms with Crippen LogP contribution in [0.15, 0.2) is 0 Å². The van der Waals surface area contributed by atoms with E-state index in [4.69, 9.17) is 5.11 Å². The largest absolute Gasteiger partial charge is 0.481 e. The summed E-state index contributed by atoms with van der Waals surface area (Å²) in [7, 11) is -5.04. The molecule has 34 heavy (non-hydrogen) atoms. The number of hydrogen-bond donors (Lipinski definition) is 3. The number of unbranched alkanes of at least 4 members (excludes halogenated alkanes) is 4. The molecule has 1 aliphatic heterocycles. The topological polar surface area (TPSA) is 155 Å². The highest BCUT2D eigenvalue weighted by Crippen LogP contribution is 2.32. The number of aliphatic carboxylic acids is 2. The maximum atomic E-state index is 11.6. The van der Waals surface area contributed by atoms with E-state index in [1.54, 1.807) is 0 Å². The molecule has 1 fully saturated rings. The molecule has 0 aromatic rings. The molecule has 0 spiro atoms. The van der Waals surface area contributed by atoms with Gasteiger partial charge in [0.2, 0.25) is 20.6 Å². The number of piperidine rings is 1. The number of hydrogen-bond acceptors (Lipinski definition) is 7. The zero-order valence-electron chi connectivity index (χ0n) is 20.5. The lowest BCUT2D eigenvalue weighted by atomic mass is 9.77. The third kappa shape index (κ3) is 15.2.